The van der Waals surface area contributed by atoms with Crippen molar-refractivity contribution in [3.8, 4) is 0 Å². The number of para-hydroxylation sites is 1. The van der Waals surface area contributed by atoms with Gasteiger partial charge in [0.2, 0.25) is 5.91 Å². The number of hydrogen-bond donors (Lipinski definition) is 0. The van der Waals surface area contributed by atoms with E-state index in [9.17, 15) is 14.4 Å². The molecule has 1 saturated heterocycles. The van der Waals surface area contributed by atoms with E-state index in [1.54, 1.807) is 28.6 Å². The van der Waals surface area contributed by atoms with Gasteiger partial charge in [-0.25, -0.2) is 4.68 Å². The van der Waals surface area contributed by atoms with Crippen molar-refractivity contribution in [2.45, 2.75) is 26.3 Å². The molecule has 1 aliphatic heterocycles. The average molecular weight is 382 g/mol. The molecule has 3 heterocycles. The maximum Gasteiger partial charge on any atom is 0.310 e. The second kappa shape index (κ2) is 7.46. The first-order valence-corrected chi connectivity index (χ1v) is 9.49. The largest absolute Gasteiger partial charge is 0.466 e. The number of carbonyl (C=O) groups excluding carboxylic acids is 2. The molecule has 2 aromatic heterocycles. The van der Waals surface area contributed by atoms with Gasteiger partial charge in [-0.05, 0) is 31.9 Å². The van der Waals surface area contributed by atoms with Gasteiger partial charge in [-0.3, -0.25) is 18.8 Å². The Balaban J connectivity index is 1.55. The maximum absolute atomic E-state index is 12.8. The van der Waals surface area contributed by atoms with Gasteiger partial charge in [-0.1, -0.05) is 18.2 Å². The summed E-state index contributed by atoms with van der Waals surface area (Å²) in [6.07, 6.45) is 3.01. The highest BCUT2D eigenvalue weighted by molar-refractivity contribution is 5.86. The molecule has 3 aromatic rings. The van der Waals surface area contributed by atoms with Crippen LogP contribution in [0.5, 0.6) is 0 Å². The molecule has 0 aliphatic carbocycles. The number of rotatable bonds is 4. The molecule has 28 heavy (non-hydrogen) atoms. The van der Waals surface area contributed by atoms with Crippen molar-refractivity contribution < 1.29 is 14.3 Å². The lowest BCUT2D eigenvalue weighted by atomic mass is 9.98. The average Bonchev–Trinajstić information content (AvgIpc) is 3.10. The predicted molar refractivity (Wildman–Crippen MR) is 103 cm³/mol. The molecule has 1 aromatic carbocycles. The molecule has 0 N–H and O–H groups in total. The van der Waals surface area contributed by atoms with Crippen molar-refractivity contribution in [1.82, 2.24) is 19.1 Å². The quantitative estimate of drug-likeness (QED) is 0.638. The number of piperidine rings is 1. The molecular formula is C20H22N4O4. The Morgan fingerprint density at radius 3 is 2.89 bits per heavy atom. The standard InChI is InChI=1S/C20H22N4O4/c1-2-28-20(27)15-7-5-9-22(11-15)18(25)12-24-19(26)17-10-14-6-3-4-8-16(14)23(17)13-21-24/h3-4,6,8,10,13,15H,2,5,7,9,11-12H2,1H3/t15-/m1/s1. The fourth-order valence-corrected chi connectivity index (χ4v) is 3.76. The Hall–Kier alpha value is -3.16. The number of likely N-dealkylation sites (tertiary alicyclic amines) is 1. The monoisotopic (exact) mass is 382 g/mol. The van der Waals surface area contributed by atoms with Gasteiger partial charge < -0.3 is 9.64 Å². The van der Waals surface area contributed by atoms with Crippen LogP contribution in [0.4, 0.5) is 0 Å². The number of nitrogens with zero attached hydrogens (tertiary/aromatic N) is 4. The van der Waals surface area contributed by atoms with Gasteiger partial charge >= 0.3 is 5.97 Å². The van der Waals surface area contributed by atoms with Crippen molar-refractivity contribution in [3.63, 3.8) is 0 Å². The van der Waals surface area contributed by atoms with Crippen LogP contribution in [0.1, 0.15) is 19.8 Å². The zero-order valence-corrected chi connectivity index (χ0v) is 15.7. The van der Waals surface area contributed by atoms with Gasteiger partial charge in [0, 0.05) is 18.5 Å². The van der Waals surface area contributed by atoms with Crippen LogP contribution in [-0.4, -0.2) is 50.7 Å². The molecular weight excluding hydrogens is 360 g/mol. The zero-order chi connectivity index (χ0) is 19.7. The molecule has 0 radical (unpaired) electrons. The molecule has 1 atom stereocenters. The third-order valence-corrected chi connectivity index (χ3v) is 5.19. The second-order valence-corrected chi connectivity index (χ2v) is 6.98. The van der Waals surface area contributed by atoms with Crippen LogP contribution >= 0.6 is 0 Å². The molecule has 8 heteroatoms. The number of aromatic nitrogens is 3. The molecule has 0 bridgehead atoms. The minimum absolute atomic E-state index is 0.146. The first-order chi connectivity index (χ1) is 13.6. The zero-order valence-electron chi connectivity index (χ0n) is 15.7. The van der Waals surface area contributed by atoms with E-state index >= 15 is 0 Å². The minimum Gasteiger partial charge on any atom is -0.466 e. The van der Waals surface area contributed by atoms with Crippen molar-refractivity contribution in [2.75, 3.05) is 19.7 Å². The number of ether oxygens (including phenoxy) is 1. The van der Waals surface area contributed by atoms with E-state index in [0.717, 1.165) is 17.3 Å². The fraction of sp³-hybridized carbons (Fsp3) is 0.400. The SMILES string of the molecule is CCOC(=O)[C@@H]1CCCN(C(=O)Cn2ncn3c(cc4ccccc43)c2=O)C1. The summed E-state index contributed by atoms with van der Waals surface area (Å²) in [5, 5.41) is 5.12. The predicted octanol–water partition coefficient (Wildman–Crippen LogP) is 1.45. The molecule has 0 saturated carbocycles. The summed E-state index contributed by atoms with van der Waals surface area (Å²) in [6.45, 7) is 2.84. The molecule has 1 aliphatic rings. The van der Waals surface area contributed by atoms with Crippen molar-refractivity contribution in [2.24, 2.45) is 5.92 Å². The molecule has 1 fully saturated rings. The Morgan fingerprint density at radius 1 is 1.25 bits per heavy atom. The van der Waals surface area contributed by atoms with Gasteiger partial charge in [0.15, 0.2) is 0 Å². The van der Waals surface area contributed by atoms with Gasteiger partial charge in [0.1, 0.15) is 18.4 Å². The van der Waals surface area contributed by atoms with Crippen LogP contribution in [0, 0.1) is 5.92 Å². The summed E-state index contributed by atoms with van der Waals surface area (Å²) in [5.41, 5.74) is 1.06. The van der Waals surface area contributed by atoms with Crippen molar-refractivity contribution >= 4 is 28.3 Å². The van der Waals surface area contributed by atoms with Crippen LogP contribution in [0.3, 0.4) is 0 Å². The van der Waals surface area contributed by atoms with Crippen LogP contribution in [0.2, 0.25) is 0 Å². The van der Waals surface area contributed by atoms with Crippen molar-refractivity contribution in [1.29, 1.82) is 0 Å². The van der Waals surface area contributed by atoms with E-state index in [-0.39, 0.29) is 29.9 Å². The Kier molecular flexibility index (Phi) is 4.85. The number of esters is 1. The lowest BCUT2D eigenvalue weighted by molar-refractivity contribution is -0.151. The molecule has 146 valence electrons. The normalized spacial score (nSPS) is 17.2. The lowest BCUT2D eigenvalue weighted by Crippen LogP contribution is -2.45. The summed E-state index contributed by atoms with van der Waals surface area (Å²) >= 11 is 0. The van der Waals surface area contributed by atoms with E-state index in [1.165, 1.54) is 4.68 Å². The number of benzene rings is 1. The highest BCUT2D eigenvalue weighted by atomic mass is 16.5. The topological polar surface area (TPSA) is 85.9 Å². The van der Waals surface area contributed by atoms with E-state index in [0.29, 0.717) is 31.6 Å². The molecule has 4 rings (SSSR count). The summed E-state index contributed by atoms with van der Waals surface area (Å²) in [5.74, 6) is -0.790. The highest BCUT2D eigenvalue weighted by Crippen LogP contribution is 2.19. The summed E-state index contributed by atoms with van der Waals surface area (Å²) in [4.78, 5) is 39.1. The first kappa shape index (κ1) is 18.2. The summed E-state index contributed by atoms with van der Waals surface area (Å²) in [6, 6.07) is 9.47. The van der Waals surface area contributed by atoms with Crippen LogP contribution < -0.4 is 5.56 Å². The highest BCUT2D eigenvalue weighted by Gasteiger charge is 2.29. The Morgan fingerprint density at radius 2 is 2.07 bits per heavy atom. The third-order valence-electron chi connectivity index (χ3n) is 5.19. The minimum atomic E-state index is -0.314. The number of amides is 1. The maximum atomic E-state index is 12.8. The van der Waals surface area contributed by atoms with Gasteiger partial charge in [-0.15, -0.1) is 0 Å². The Labute approximate surface area is 161 Å². The number of fused-ring (bicyclic) bond motifs is 3. The van der Waals surface area contributed by atoms with E-state index < -0.39 is 0 Å². The van der Waals surface area contributed by atoms with Gasteiger partial charge in [0.25, 0.3) is 5.56 Å². The second-order valence-electron chi connectivity index (χ2n) is 6.98. The fourth-order valence-electron chi connectivity index (χ4n) is 3.76. The van der Waals surface area contributed by atoms with Crippen molar-refractivity contribution in [3.05, 3.63) is 47.0 Å². The summed E-state index contributed by atoms with van der Waals surface area (Å²) < 4.78 is 7.99. The van der Waals surface area contributed by atoms with E-state index in [2.05, 4.69) is 5.10 Å². The van der Waals surface area contributed by atoms with E-state index in [1.807, 2.05) is 24.3 Å². The molecule has 0 spiro atoms. The molecule has 8 nitrogen and oxygen atoms in total. The number of carbonyl (C=O) groups is 2. The first-order valence-electron chi connectivity index (χ1n) is 9.49. The lowest BCUT2D eigenvalue weighted by Gasteiger charge is -2.31. The summed E-state index contributed by atoms with van der Waals surface area (Å²) in [7, 11) is 0. The molecule has 1 amide bonds. The van der Waals surface area contributed by atoms with Crippen LogP contribution in [-0.2, 0) is 20.9 Å². The van der Waals surface area contributed by atoms with Gasteiger partial charge in [0.05, 0.1) is 18.0 Å². The van der Waals surface area contributed by atoms with Gasteiger partial charge in [-0.2, -0.15) is 5.10 Å². The number of hydrogen-bond acceptors (Lipinski definition) is 5. The molecule has 0 unspecified atom stereocenters. The van der Waals surface area contributed by atoms with Crippen LogP contribution in [0.15, 0.2) is 41.5 Å². The smallest absolute Gasteiger partial charge is 0.310 e. The third kappa shape index (κ3) is 3.26. The van der Waals surface area contributed by atoms with E-state index in [4.69, 9.17) is 4.74 Å². The Bertz CT molecular complexity index is 1100. The van der Waals surface area contributed by atoms with Crippen LogP contribution in [0.25, 0.3) is 16.4 Å².